The Labute approximate surface area is 118 Å². The molecule has 0 unspecified atom stereocenters. The lowest BCUT2D eigenvalue weighted by atomic mass is 10.2. The van der Waals surface area contributed by atoms with Crippen LogP contribution in [0.15, 0.2) is 36.4 Å². The van der Waals surface area contributed by atoms with Crippen LogP contribution in [0.25, 0.3) is 20.1 Å². The molecular formula is C14H11NO2S2. The van der Waals surface area contributed by atoms with Gasteiger partial charge in [-0.3, -0.25) is 0 Å². The molecule has 96 valence electrons. The number of carbonyl (C=O) groups is 1. The summed E-state index contributed by atoms with van der Waals surface area (Å²) in [6, 6.07) is 11.9. The number of carbonyl (C=O) groups excluding carboxylic acids is 1. The first-order chi connectivity index (χ1) is 9.28. The first-order valence-corrected chi connectivity index (χ1v) is 7.54. The number of ether oxygens (including phenoxy) is 1. The third-order valence-electron chi connectivity index (χ3n) is 2.59. The molecule has 0 saturated heterocycles. The van der Waals surface area contributed by atoms with Crippen LogP contribution in [-0.2, 0) is 4.74 Å². The Bertz CT molecular complexity index is 684. The number of hydrogen-bond donors (Lipinski definition) is 0. The number of hydrogen-bond acceptors (Lipinski definition) is 5. The molecule has 0 saturated carbocycles. The van der Waals surface area contributed by atoms with E-state index >= 15 is 0 Å². The number of rotatable bonds is 3. The maximum Gasteiger partial charge on any atom is 0.348 e. The average molecular weight is 289 g/mol. The molecule has 0 aliphatic heterocycles. The second-order valence-electron chi connectivity index (χ2n) is 3.89. The van der Waals surface area contributed by atoms with Gasteiger partial charge in [-0.2, -0.15) is 0 Å². The molecule has 0 aliphatic rings. The van der Waals surface area contributed by atoms with Crippen LogP contribution in [0, 0.1) is 0 Å². The van der Waals surface area contributed by atoms with Crippen LogP contribution in [0.5, 0.6) is 0 Å². The van der Waals surface area contributed by atoms with Gasteiger partial charge in [-0.05, 0) is 13.0 Å². The van der Waals surface area contributed by atoms with Gasteiger partial charge < -0.3 is 4.74 Å². The van der Waals surface area contributed by atoms with Gasteiger partial charge in [0, 0.05) is 5.56 Å². The summed E-state index contributed by atoms with van der Waals surface area (Å²) in [7, 11) is 0. The summed E-state index contributed by atoms with van der Waals surface area (Å²) < 4.78 is 6.05. The van der Waals surface area contributed by atoms with Gasteiger partial charge >= 0.3 is 5.97 Å². The number of thiazole rings is 1. The SMILES string of the molecule is CCOC(=O)c1cc2nc(-c3ccccc3)sc2s1. The second-order valence-corrected chi connectivity index (χ2v) is 6.20. The van der Waals surface area contributed by atoms with Gasteiger partial charge in [-0.1, -0.05) is 30.3 Å². The summed E-state index contributed by atoms with van der Waals surface area (Å²) in [6.45, 7) is 2.20. The lowest BCUT2D eigenvalue weighted by molar-refractivity contribution is 0.0532. The molecule has 0 N–H and O–H groups in total. The van der Waals surface area contributed by atoms with Gasteiger partial charge in [0.05, 0.1) is 12.1 Å². The molecule has 0 radical (unpaired) electrons. The Morgan fingerprint density at radius 2 is 2.05 bits per heavy atom. The molecule has 0 atom stereocenters. The summed E-state index contributed by atoms with van der Waals surface area (Å²) in [5.41, 5.74) is 1.98. The van der Waals surface area contributed by atoms with Crippen LogP contribution in [0.2, 0.25) is 0 Å². The van der Waals surface area contributed by atoms with Gasteiger partial charge in [0.2, 0.25) is 0 Å². The lowest BCUT2D eigenvalue weighted by Gasteiger charge is -1.96. The van der Waals surface area contributed by atoms with Crippen molar-refractivity contribution in [3.8, 4) is 10.6 Å². The van der Waals surface area contributed by atoms with E-state index in [-0.39, 0.29) is 5.97 Å². The van der Waals surface area contributed by atoms with E-state index in [1.54, 1.807) is 24.3 Å². The monoisotopic (exact) mass is 289 g/mol. The fourth-order valence-corrected chi connectivity index (χ4v) is 3.92. The number of nitrogens with zero attached hydrogens (tertiary/aromatic N) is 1. The highest BCUT2D eigenvalue weighted by atomic mass is 32.2. The quantitative estimate of drug-likeness (QED) is 0.678. The predicted octanol–water partition coefficient (Wildman–Crippen LogP) is 4.20. The van der Waals surface area contributed by atoms with E-state index in [1.165, 1.54) is 11.3 Å². The molecule has 0 aliphatic carbocycles. The van der Waals surface area contributed by atoms with E-state index in [9.17, 15) is 4.79 Å². The van der Waals surface area contributed by atoms with E-state index in [4.69, 9.17) is 4.74 Å². The zero-order valence-electron chi connectivity index (χ0n) is 10.3. The zero-order valence-corrected chi connectivity index (χ0v) is 11.9. The summed E-state index contributed by atoms with van der Waals surface area (Å²) >= 11 is 3.05. The molecule has 1 aromatic carbocycles. The fraction of sp³-hybridized carbons (Fsp3) is 0.143. The van der Waals surface area contributed by atoms with Gasteiger partial charge in [-0.15, -0.1) is 22.7 Å². The molecule has 2 aromatic heterocycles. The molecular weight excluding hydrogens is 278 g/mol. The van der Waals surface area contributed by atoms with Crippen LogP contribution in [-0.4, -0.2) is 17.6 Å². The number of aromatic nitrogens is 1. The van der Waals surface area contributed by atoms with Crippen LogP contribution in [0.4, 0.5) is 0 Å². The van der Waals surface area contributed by atoms with Crippen LogP contribution < -0.4 is 0 Å². The molecule has 2 heterocycles. The molecule has 5 heteroatoms. The van der Waals surface area contributed by atoms with Crippen molar-refractivity contribution in [2.24, 2.45) is 0 Å². The van der Waals surface area contributed by atoms with Crippen LogP contribution >= 0.6 is 22.7 Å². The van der Waals surface area contributed by atoms with Crippen molar-refractivity contribution in [1.82, 2.24) is 4.98 Å². The topological polar surface area (TPSA) is 39.2 Å². The largest absolute Gasteiger partial charge is 0.462 e. The van der Waals surface area contributed by atoms with Gasteiger partial charge in [0.15, 0.2) is 0 Å². The fourth-order valence-electron chi connectivity index (χ4n) is 1.74. The lowest BCUT2D eigenvalue weighted by Crippen LogP contribution is -2.01. The van der Waals surface area contributed by atoms with Gasteiger partial charge in [-0.25, -0.2) is 9.78 Å². The van der Waals surface area contributed by atoms with Crippen molar-refractivity contribution in [1.29, 1.82) is 0 Å². The second kappa shape index (κ2) is 5.11. The van der Waals surface area contributed by atoms with Crippen molar-refractivity contribution < 1.29 is 9.53 Å². The van der Waals surface area contributed by atoms with E-state index in [0.717, 1.165) is 20.1 Å². The maximum absolute atomic E-state index is 11.6. The summed E-state index contributed by atoms with van der Waals surface area (Å²) in [5.74, 6) is -0.265. The van der Waals surface area contributed by atoms with Crippen LogP contribution in [0.1, 0.15) is 16.6 Å². The van der Waals surface area contributed by atoms with Crippen molar-refractivity contribution in [3.63, 3.8) is 0 Å². The minimum Gasteiger partial charge on any atom is -0.462 e. The molecule has 3 aromatic rings. The highest BCUT2D eigenvalue weighted by Gasteiger charge is 2.15. The van der Waals surface area contributed by atoms with Crippen molar-refractivity contribution in [2.75, 3.05) is 6.61 Å². The van der Waals surface area contributed by atoms with Crippen molar-refractivity contribution in [2.45, 2.75) is 6.92 Å². The molecule has 19 heavy (non-hydrogen) atoms. The number of benzene rings is 1. The third kappa shape index (κ3) is 2.39. The smallest absolute Gasteiger partial charge is 0.348 e. The first-order valence-electron chi connectivity index (χ1n) is 5.91. The molecule has 3 rings (SSSR count). The Kier molecular flexibility index (Phi) is 3.31. The van der Waals surface area contributed by atoms with Gasteiger partial charge in [0.25, 0.3) is 0 Å². The minimum atomic E-state index is -0.265. The van der Waals surface area contributed by atoms with E-state index in [2.05, 4.69) is 4.98 Å². The van der Waals surface area contributed by atoms with Crippen molar-refractivity contribution >= 4 is 38.2 Å². The molecule has 0 spiro atoms. The predicted molar refractivity (Wildman–Crippen MR) is 78.9 cm³/mol. The molecule has 0 amide bonds. The molecule has 3 nitrogen and oxygen atoms in total. The number of thiophene rings is 1. The van der Waals surface area contributed by atoms with E-state index < -0.39 is 0 Å². The highest BCUT2D eigenvalue weighted by molar-refractivity contribution is 7.40. The molecule has 0 bridgehead atoms. The van der Waals surface area contributed by atoms with Crippen LogP contribution in [0.3, 0.4) is 0 Å². The van der Waals surface area contributed by atoms with Crippen molar-refractivity contribution in [3.05, 3.63) is 41.3 Å². The Hall–Kier alpha value is -1.72. The summed E-state index contributed by atoms with van der Waals surface area (Å²) in [5, 5.41) is 0.984. The van der Waals surface area contributed by atoms with E-state index in [0.29, 0.717) is 11.5 Å². The normalized spacial score (nSPS) is 10.8. The Morgan fingerprint density at radius 3 is 2.74 bits per heavy atom. The molecule has 0 fully saturated rings. The summed E-state index contributed by atoms with van der Waals surface area (Å²) in [6.07, 6.45) is 0. The van der Waals surface area contributed by atoms with Gasteiger partial charge in [0.1, 0.15) is 13.9 Å². The Balaban J connectivity index is 1.96. The minimum absolute atomic E-state index is 0.265. The van der Waals surface area contributed by atoms with E-state index in [1.807, 2.05) is 30.3 Å². The summed E-state index contributed by atoms with van der Waals surface area (Å²) in [4.78, 5) is 16.8. The maximum atomic E-state index is 11.6. The average Bonchev–Trinajstić information content (AvgIpc) is 2.98. The number of esters is 1. The standard InChI is InChI=1S/C14H11NO2S2/c1-2-17-13(16)11-8-10-14(18-11)19-12(15-10)9-6-4-3-5-7-9/h3-8H,2H2,1H3. The number of fused-ring (bicyclic) bond motifs is 1. The Morgan fingerprint density at radius 1 is 1.26 bits per heavy atom. The first kappa shape index (κ1) is 12.3. The third-order valence-corrected chi connectivity index (χ3v) is 4.90. The zero-order chi connectivity index (χ0) is 13.2. The highest BCUT2D eigenvalue weighted by Crippen LogP contribution is 2.35.